The van der Waals surface area contributed by atoms with Crippen LogP contribution in [-0.2, 0) is 14.4 Å². The highest BCUT2D eigenvalue weighted by Crippen LogP contribution is 2.42. The Hall–Kier alpha value is -2.16. The number of nitrogens with two attached hydrogens (primary N) is 1. The number of amides is 2. The van der Waals surface area contributed by atoms with E-state index >= 15 is 0 Å². The smallest absolute Gasteiger partial charge is 0.245 e. The van der Waals surface area contributed by atoms with Crippen LogP contribution in [0.25, 0.3) is 0 Å². The largest absolute Gasteiger partial charge is 0.370 e. The molecule has 1 heterocycles. The van der Waals surface area contributed by atoms with E-state index in [0.29, 0.717) is 38.3 Å². The standard InChI is InChI=1S/C21H38N6O3/c1-3-17(29)27-13-11-21(24-2,15-8-5-4-6-9-15)18(27)19(30)26-16(14-28)10-7-12-25-20(22)23/h14-16,18,24H,3-13H2,1-2H3,(H,26,30)(H4,22,23,25)/t16-,18+,21?/m0/s1. The molecule has 0 aromatic carbocycles. The summed E-state index contributed by atoms with van der Waals surface area (Å²) in [6, 6.07) is -1.25. The third-order valence-electron chi connectivity index (χ3n) is 6.74. The van der Waals surface area contributed by atoms with Gasteiger partial charge in [0.1, 0.15) is 12.3 Å². The number of hydrogen-bond donors (Lipinski definition) is 5. The van der Waals surface area contributed by atoms with E-state index in [2.05, 4.69) is 16.0 Å². The zero-order valence-corrected chi connectivity index (χ0v) is 18.3. The molecule has 2 fully saturated rings. The average molecular weight is 423 g/mol. The molecule has 3 atom stereocenters. The first kappa shape index (κ1) is 24.1. The Labute approximate surface area is 179 Å². The van der Waals surface area contributed by atoms with Gasteiger partial charge in [0.2, 0.25) is 11.8 Å². The molecule has 0 aromatic rings. The Morgan fingerprint density at radius 1 is 1.30 bits per heavy atom. The minimum absolute atomic E-state index is 0.0311. The Bertz CT molecular complexity index is 622. The fraction of sp³-hybridized carbons (Fsp3) is 0.810. The van der Waals surface area contributed by atoms with Crippen LogP contribution in [0.2, 0.25) is 0 Å². The molecule has 9 nitrogen and oxygen atoms in total. The van der Waals surface area contributed by atoms with Crippen LogP contribution in [0.15, 0.2) is 0 Å². The lowest BCUT2D eigenvalue weighted by Gasteiger charge is -2.44. The number of nitrogens with one attached hydrogen (secondary N) is 4. The average Bonchev–Trinajstić information content (AvgIpc) is 3.16. The highest BCUT2D eigenvalue weighted by molar-refractivity contribution is 5.91. The van der Waals surface area contributed by atoms with Crippen LogP contribution in [0.4, 0.5) is 0 Å². The van der Waals surface area contributed by atoms with Crippen molar-refractivity contribution in [3.63, 3.8) is 0 Å². The maximum Gasteiger partial charge on any atom is 0.245 e. The highest BCUT2D eigenvalue weighted by atomic mass is 16.2. The molecule has 1 aliphatic carbocycles. The summed E-state index contributed by atoms with van der Waals surface area (Å²) in [6.07, 6.45) is 8.47. The van der Waals surface area contributed by atoms with Gasteiger partial charge >= 0.3 is 0 Å². The van der Waals surface area contributed by atoms with E-state index in [1.807, 2.05) is 14.0 Å². The highest BCUT2D eigenvalue weighted by Gasteiger charge is 2.55. The second-order valence-corrected chi connectivity index (χ2v) is 8.45. The minimum atomic E-state index is -0.633. The lowest BCUT2D eigenvalue weighted by molar-refractivity contribution is -0.141. The molecule has 2 rings (SSSR count). The molecular weight excluding hydrogens is 384 g/mol. The monoisotopic (exact) mass is 422 g/mol. The van der Waals surface area contributed by atoms with Gasteiger partial charge in [-0.1, -0.05) is 26.2 Å². The maximum atomic E-state index is 13.4. The summed E-state index contributed by atoms with van der Waals surface area (Å²) < 4.78 is 0. The van der Waals surface area contributed by atoms with E-state index in [1.54, 1.807) is 4.90 Å². The molecule has 0 aromatic heterocycles. The molecule has 1 saturated carbocycles. The van der Waals surface area contributed by atoms with Gasteiger partial charge in [0.25, 0.3) is 0 Å². The third kappa shape index (κ3) is 5.50. The van der Waals surface area contributed by atoms with Crippen LogP contribution in [0.3, 0.4) is 0 Å². The minimum Gasteiger partial charge on any atom is -0.370 e. The van der Waals surface area contributed by atoms with Crippen LogP contribution in [0, 0.1) is 11.3 Å². The number of guanidine groups is 1. The zero-order valence-electron chi connectivity index (χ0n) is 18.3. The molecule has 170 valence electrons. The summed E-state index contributed by atoms with van der Waals surface area (Å²) in [5.41, 5.74) is 4.81. The summed E-state index contributed by atoms with van der Waals surface area (Å²) in [6.45, 7) is 2.83. The van der Waals surface area contributed by atoms with Crippen molar-refractivity contribution in [2.45, 2.75) is 82.3 Å². The number of likely N-dealkylation sites (N-methyl/N-ethyl adjacent to an activating group) is 1. The van der Waals surface area contributed by atoms with E-state index in [0.717, 1.165) is 38.4 Å². The summed E-state index contributed by atoms with van der Waals surface area (Å²) in [4.78, 5) is 39.4. The van der Waals surface area contributed by atoms with Gasteiger partial charge in [0, 0.05) is 19.5 Å². The van der Waals surface area contributed by atoms with Crippen molar-refractivity contribution in [1.82, 2.24) is 20.9 Å². The summed E-state index contributed by atoms with van der Waals surface area (Å²) in [7, 11) is 1.89. The molecule has 2 aliphatic rings. The predicted molar refractivity (Wildman–Crippen MR) is 116 cm³/mol. The normalized spacial score (nSPS) is 25.5. The van der Waals surface area contributed by atoms with Gasteiger partial charge < -0.3 is 31.4 Å². The van der Waals surface area contributed by atoms with Crippen molar-refractivity contribution >= 4 is 24.1 Å². The van der Waals surface area contributed by atoms with Crippen molar-refractivity contribution in [3.05, 3.63) is 0 Å². The van der Waals surface area contributed by atoms with E-state index < -0.39 is 17.6 Å². The fourth-order valence-electron chi connectivity index (χ4n) is 5.19. The topological polar surface area (TPSA) is 140 Å². The molecule has 1 unspecified atom stereocenters. The second kappa shape index (κ2) is 11.3. The lowest BCUT2D eigenvalue weighted by Crippen LogP contribution is -2.65. The van der Waals surface area contributed by atoms with Gasteiger partial charge in [-0.05, 0) is 45.1 Å². The number of aldehydes is 1. The predicted octanol–water partition coefficient (Wildman–Crippen LogP) is 0.483. The third-order valence-corrected chi connectivity index (χ3v) is 6.74. The van der Waals surface area contributed by atoms with Crippen molar-refractivity contribution in [3.8, 4) is 0 Å². The number of likely N-dealkylation sites (tertiary alicyclic amines) is 1. The van der Waals surface area contributed by atoms with Gasteiger partial charge in [0.05, 0.1) is 11.6 Å². The number of nitrogens with zero attached hydrogens (tertiary/aromatic N) is 1. The van der Waals surface area contributed by atoms with Crippen LogP contribution in [0.5, 0.6) is 0 Å². The first-order valence-electron chi connectivity index (χ1n) is 11.2. The number of carbonyl (C=O) groups excluding carboxylic acids is 3. The molecule has 2 amide bonds. The number of hydrogen-bond acceptors (Lipinski definition) is 5. The summed E-state index contributed by atoms with van der Waals surface area (Å²) in [5, 5.41) is 16.2. The summed E-state index contributed by atoms with van der Waals surface area (Å²) in [5.74, 6) is -0.0778. The van der Waals surface area contributed by atoms with Gasteiger partial charge in [-0.2, -0.15) is 0 Å². The molecule has 1 aliphatic heterocycles. The van der Waals surface area contributed by atoms with Crippen molar-refractivity contribution < 1.29 is 14.4 Å². The van der Waals surface area contributed by atoms with Crippen molar-refractivity contribution in [1.29, 1.82) is 5.41 Å². The van der Waals surface area contributed by atoms with Gasteiger partial charge in [-0.3, -0.25) is 15.0 Å². The SMILES string of the molecule is CCC(=O)N1CCC(NC)(C2CCCCC2)[C@H]1C(=O)N[C@H](C=O)CCCNC(=N)N. The molecule has 0 radical (unpaired) electrons. The Balaban J connectivity index is 2.17. The Kier molecular flexibility index (Phi) is 9.08. The molecule has 6 N–H and O–H groups in total. The van der Waals surface area contributed by atoms with E-state index in [4.69, 9.17) is 11.1 Å². The maximum absolute atomic E-state index is 13.4. The lowest BCUT2D eigenvalue weighted by atomic mass is 9.70. The molecule has 0 bridgehead atoms. The first-order chi connectivity index (χ1) is 14.4. The van der Waals surface area contributed by atoms with Gasteiger partial charge in [0.15, 0.2) is 5.96 Å². The number of rotatable bonds is 10. The number of carbonyl (C=O) groups is 3. The van der Waals surface area contributed by atoms with Crippen molar-refractivity contribution in [2.24, 2.45) is 11.7 Å². The molecule has 1 saturated heterocycles. The second-order valence-electron chi connectivity index (χ2n) is 8.45. The molecule has 9 heteroatoms. The fourth-order valence-corrected chi connectivity index (χ4v) is 5.19. The molecular formula is C21H38N6O3. The van der Waals surface area contributed by atoms with E-state index in [9.17, 15) is 14.4 Å². The molecule has 0 spiro atoms. The zero-order chi connectivity index (χ0) is 22.1. The van der Waals surface area contributed by atoms with Crippen LogP contribution in [0.1, 0.15) is 64.7 Å². The summed E-state index contributed by atoms with van der Waals surface area (Å²) >= 11 is 0. The van der Waals surface area contributed by atoms with E-state index in [1.165, 1.54) is 6.42 Å². The van der Waals surface area contributed by atoms with Crippen LogP contribution < -0.4 is 21.7 Å². The van der Waals surface area contributed by atoms with Crippen LogP contribution >= 0.6 is 0 Å². The quantitative estimate of drug-likeness (QED) is 0.150. The molecule has 30 heavy (non-hydrogen) atoms. The van der Waals surface area contributed by atoms with E-state index in [-0.39, 0.29) is 17.8 Å². The Morgan fingerprint density at radius 2 is 2.00 bits per heavy atom. The van der Waals surface area contributed by atoms with Crippen molar-refractivity contribution in [2.75, 3.05) is 20.1 Å². The first-order valence-corrected chi connectivity index (χ1v) is 11.2. The Morgan fingerprint density at radius 3 is 2.57 bits per heavy atom. The van der Waals surface area contributed by atoms with Gasteiger partial charge in [-0.25, -0.2) is 0 Å². The van der Waals surface area contributed by atoms with Gasteiger partial charge in [-0.15, -0.1) is 0 Å². The van der Waals surface area contributed by atoms with Crippen LogP contribution in [-0.4, -0.2) is 66.7 Å².